The number of carbonyl (C=O) groups excluding carboxylic acids is 5. The molecule has 0 unspecified atom stereocenters. The highest BCUT2D eigenvalue weighted by Gasteiger charge is 2.20. The number of carboxylic acid groups (broad SMARTS) is 2. The second-order valence-corrected chi connectivity index (χ2v) is 12.9. The Bertz CT molecular complexity index is 1080. The number of hydrogen-bond acceptors (Lipinski definition) is 11. The van der Waals surface area contributed by atoms with E-state index >= 15 is 0 Å². The minimum absolute atomic E-state index is 0.0327. The molecule has 0 rings (SSSR count). The number of carboxylic acids is 2. The van der Waals surface area contributed by atoms with Gasteiger partial charge in [-0.25, -0.2) is 4.79 Å². The third kappa shape index (κ3) is 38.2. The number of aliphatic carboxylic acids is 2. The molecule has 0 fully saturated rings. The Morgan fingerprint density at radius 3 is 1.35 bits per heavy atom. The maximum absolute atomic E-state index is 12.3. The zero-order valence-electron chi connectivity index (χ0n) is 32.5. The molecule has 55 heavy (non-hydrogen) atoms. The Balaban J connectivity index is 3.66. The number of hydrogen-bond donors (Lipinski definition) is 7. The predicted molar refractivity (Wildman–Crippen MR) is 202 cm³/mol. The quantitative estimate of drug-likeness (QED) is 0.0434. The summed E-state index contributed by atoms with van der Waals surface area (Å²) in [5, 5.41) is 30.9. The van der Waals surface area contributed by atoms with Crippen molar-refractivity contribution in [3.8, 4) is 0 Å². The molecule has 0 bridgehead atoms. The van der Waals surface area contributed by atoms with Crippen LogP contribution in [-0.4, -0.2) is 137 Å². The van der Waals surface area contributed by atoms with Crippen molar-refractivity contribution in [2.24, 2.45) is 0 Å². The van der Waals surface area contributed by atoms with Crippen LogP contribution in [0.4, 0.5) is 0 Å². The third-order valence-electron chi connectivity index (χ3n) is 7.95. The van der Waals surface area contributed by atoms with Crippen molar-refractivity contribution >= 4 is 41.5 Å². The van der Waals surface area contributed by atoms with E-state index < -0.39 is 23.9 Å². The number of carbonyl (C=O) groups is 7. The van der Waals surface area contributed by atoms with E-state index in [0.29, 0.717) is 6.42 Å². The van der Waals surface area contributed by atoms with Crippen molar-refractivity contribution in [1.29, 1.82) is 0 Å². The Kier molecular flexibility index (Phi) is 34.5. The molecule has 7 N–H and O–H groups in total. The monoisotopic (exact) mass is 788 g/mol. The molecule has 0 saturated heterocycles. The van der Waals surface area contributed by atoms with Gasteiger partial charge in [0.2, 0.25) is 29.5 Å². The van der Waals surface area contributed by atoms with Crippen LogP contribution < -0.4 is 26.6 Å². The van der Waals surface area contributed by atoms with Gasteiger partial charge in [-0.05, 0) is 19.3 Å². The molecule has 0 aliphatic heterocycles. The molecule has 5 amide bonds. The fraction of sp³-hybridized carbons (Fsp3) is 0.784. The van der Waals surface area contributed by atoms with Crippen molar-refractivity contribution in [2.45, 2.75) is 109 Å². The second kappa shape index (κ2) is 37.1. The minimum Gasteiger partial charge on any atom is -0.481 e. The van der Waals surface area contributed by atoms with Gasteiger partial charge in [-0.15, -0.1) is 0 Å². The first kappa shape index (κ1) is 51.1. The molecule has 0 heterocycles. The van der Waals surface area contributed by atoms with Crippen LogP contribution >= 0.6 is 0 Å². The molecule has 0 spiro atoms. The maximum Gasteiger partial charge on any atom is 0.326 e. The number of unbranched alkanes of at least 4 members (excludes halogenated alkanes) is 11. The van der Waals surface area contributed by atoms with Crippen molar-refractivity contribution in [3.05, 3.63) is 6.92 Å². The first-order valence-electron chi connectivity index (χ1n) is 19.5. The zero-order chi connectivity index (χ0) is 40.8. The van der Waals surface area contributed by atoms with Gasteiger partial charge in [-0.2, -0.15) is 0 Å². The number of ether oxygens (including phenoxy) is 4. The molecule has 0 aliphatic carbocycles. The van der Waals surface area contributed by atoms with Crippen molar-refractivity contribution < 1.29 is 62.7 Å². The van der Waals surface area contributed by atoms with Crippen molar-refractivity contribution in [3.63, 3.8) is 0 Å². The van der Waals surface area contributed by atoms with Gasteiger partial charge in [0, 0.05) is 52.4 Å². The molecule has 18 heteroatoms. The summed E-state index contributed by atoms with van der Waals surface area (Å²) in [5.41, 5.74) is 0. The van der Waals surface area contributed by atoms with Crippen molar-refractivity contribution in [1.82, 2.24) is 26.6 Å². The zero-order valence-corrected chi connectivity index (χ0v) is 32.5. The van der Waals surface area contributed by atoms with Gasteiger partial charge in [0.15, 0.2) is 0 Å². The lowest BCUT2D eigenvalue weighted by Gasteiger charge is -2.14. The molecule has 0 aromatic carbocycles. The Morgan fingerprint density at radius 2 is 0.873 bits per heavy atom. The summed E-state index contributed by atoms with van der Waals surface area (Å²) >= 11 is 0. The van der Waals surface area contributed by atoms with Gasteiger partial charge in [0.25, 0.3) is 0 Å². The van der Waals surface area contributed by atoms with Crippen LogP contribution in [0.2, 0.25) is 0 Å². The highest BCUT2D eigenvalue weighted by atomic mass is 16.5. The molecule has 1 radical (unpaired) electrons. The van der Waals surface area contributed by atoms with E-state index in [0.717, 1.165) is 51.4 Å². The van der Waals surface area contributed by atoms with Crippen LogP contribution in [0.25, 0.3) is 0 Å². The molecule has 0 aliphatic rings. The van der Waals surface area contributed by atoms with Crippen LogP contribution in [0.1, 0.15) is 103 Å². The SMILES string of the molecule is [CH2]C(=O)NCCNC(=O)COCCOCCNC(=O)COCCOCCNC(=O)CC[C@H](NC(=O)CCCCCCCCCCCCCCC(=O)O)C(=O)O. The van der Waals surface area contributed by atoms with Gasteiger partial charge < -0.3 is 55.7 Å². The van der Waals surface area contributed by atoms with Gasteiger partial charge in [-0.3, -0.25) is 28.8 Å². The fourth-order valence-corrected chi connectivity index (χ4v) is 5.02. The van der Waals surface area contributed by atoms with Crippen molar-refractivity contribution in [2.75, 3.05) is 79.0 Å². The first-order chi connectivity index (χ1) is 26.5. The van der Waals surface area contributed by atoms with E-state index in [1.807, 2.05) is 0 Å². The summed E-state index contributed by atoms with van der Waals surface area (Å²) in [4.78, 5) is 80.5. The molecular formula is C37H66N5O13. The summed E-state index contributed by atoms with van der Waals surface area (Å²) in [6.45, 7) is 5.10. The Labute approximate surface area is 325 Å². The number of nitrogens with one attached hydrogen (secondary N) is 5. The highest BCUT2D eigenvalue weighted by Crippen LogP contribution is 2.13. The van der Waals surface area contributed by atoms with E-state index in [2.05, 4.69) is 33.5 Å². The van der Waals surface area contributed by atoms with Gasteiger partial charge >= 0.3 is 11.9 Å². The Morgan fingerprint density at radius 1 is 0.455 bits per heavy atom. The summed E-state index contributed by atoms with van der Waals surface area (Å²) < 4.78 is 21.1. The van der Waals surface area contributed by atoms with E-state index in [1.54, 1.807) is 0 Å². The topological polar surface area (TPSA) is 257 Å². The average molecular weight is 789 g/mol. The molecular weight excluding hydrogens is 722 g/mol. The summed E-state index contributed by atoms with van der Waals surface area (Å²) in [6, 6.07) is -1.15. The Hall–Kier alpha value is -3.87. The standard InChI is InChI=1S/C37H66N5O13/c1-30(43)38-18-19-39-34(46)28-54-26-25-53-23-21-41-35(47)29-55-27-24-52-22-20-40-32(44)17-16-31(37(50)51)42-33(45)14-12-10-8-6-4-2-3-5-7-9-11-13-15-36(48)49/h31H,1-29H2,(H,38,43)(H,39,46)(H,40,44)(H,41,47)(H,42,45)(H,48,49)(H,50,51)/t31-/m0/s1. The average Bonchev–Trinajstić information content (AvgIpc) is 3.13. The van der Waals surface area contributed by atoms with Gasteiger partial charge in [-0.1, -0.05) is 64.2 Å². The van der Waals surface area contributed by atoms with Gasteiger partial charge in [0.1, 0.15) is 19.3 Å². The maximum atomic E-state index is 12.3. The lowest BCUT2D eigenvalue weighted by Crippen LogP contribution is -2.41. The molecule has 317 valence electrons. The number of amides is 5. The minimum atomic E-state index is -1.19. The summed E-state index contributed by atoms with van der Waals surface area (Å²) in [6.07, 6.45) is 12.7. The predicted octanol–water partition coefficient (Wildman–Crippen LogP) is 1.25. The van der Waals surface area contributed by atoms with Gasteiger partial charge in [0.05, 0.1) is 39.6 Å². The fourth-order valence-electron chi connectivity index (χ4n) is 5.02. The third-order valence-corrected chi connectivity index (χ3v) is 7.95. The smallest absolute Gasteiger partial charge is 0.326 e. The van der Waals surface area contributed by atoms with E-state index in [-0.39, 0.29) is 128 Å². The van der Waals surface area contributed by atoms with E-state index in [9.17, 15) is 38.7 Å². The summed E-state index contributed by atoms with van der Waals surface area (Å²) in [5.74, 6) is -3.69. The second-order valence-electron chi connectivity index (χ2n) is 12.9. The lowest BCUT2D eigenvalue weighted by atomic mass is 10.0. The molecule has 1 atom stereocenters. The molecule has 0 aromatic rings. The van der Waals surface area contributed by atoms with Crippen LogP contribution in [-0.2, 0) is 52.5 Å². The van der Waals surface area contributed by atoms with Crippen LogP contribution in [0.3, 0.4) is 0 Å². The largest absolute Gasteiger partial charge is 0.481 e. The molecule has 0 saturated carbocycles. The van der Waals surface area contributed by atoms with E-state index in [1.165, 1.54) is 19.3 Å². The first-order valence-corrected chi connectivity index (χ1v) is 19.5. The summed E-state index contributed by atoms with van der Waals surface area (Å²) in [7, 11) is 0. The molecule has 0 aromatic heterocycles. The number of rotatable bonds is 39. The lowest BCUT2D eigenvalue weighted by molar-refractivity contribution is -0.142. The van der Waals surface area contributed by atoms with Crippen LogP contribution in [0.5, 0.6) is 0 Å². The van der Waals surface area contributed by atoms with Crippen LogP contribution in [0, 0.1) is 6.92 Å². The molecule has 18 nitrogen and oxygen atoms in total. The normalized spacial score (nSPS) is 11.4. The van der Waals surface area contributed by atoms with Crippen LogP contribution in [0.15, 0.2) is 0 Å². The highest BCUT2D eigenvalue weighted by molar-refractivity contribution is 5.84. The van der Waals surface area contributed by atoms with E-state index in [4.69, 9.17) is 24.1 Å².